The first-order valence-electron chi connectivity index (χ1n) is 27.7. The first-order chi connectivity index (χ1) is 35.7. The van der Waals surface area contributed by atoms with Crippen molar-refractivity contribution in [1.82, 2.24) is 10.2 Å². The number of hydrogen-bond acceptors (Lipinski definition) is 15. The first kappa shape index (κ1) is 63.8. The maximum absolute atomic E-state index is 14.6. The predicted octanol–water partition coefficient (Wildman–Crippen LogP) is 8.45. The Morgan fingerprint density at radius 3 is 2.33 bits per heavy atom. The van der Waals surface area contributed by atoms with Gasteiger partial charge in [0.2, 0.25) is 5.79 Å². The quantitative estimate of drug-likeness (QED) is 0.0683. The monoisotopic (exact) mass is 1070 g/mol. The zero-order valence-electron chi connectivity index (χ0n) is 46.9. The molecule has 9 unspecified atom stereocenters. The van der Waals surface area contributed by atoms with Crippen LogP contribution in [0.2, 0.25) is 0 Å². The summed E-state index contributed by atoms with van der Waals surface area (Å²) in [6.07, 6.45) is 12.3. The molecule has 0 aromatic carbocycles. The molecule has 75 heavy (non-hydrogen) atoms. The minimum atomic E-state index is -2.45. The Labute approximate surface area is 451 Å². The molecule has 3 fully saturated rings. The highest BCUT2D eigenvalue weighted by Crippen LogP contribution is 2.38. The number of aliphatic hydroxyl groups excluding tert-OH is 1. The van der Waals surface area contributed by atoms with Crippen LogP contribution in [-0.4, -0.2) is 151 Å². The maximum atomic E-state index is 14.6. The highest BCUT2D eigenvalue weighted by Gasteiger charge is 2.53. The molecule has 1 saturated carbocycles. The normalized spacial score (nSPS) is 36.5. The number of unbranched alkanes of at least 4 members (excludes halogenated alkanes) is 1. The molecule has 15 atom stereocenters. The molecule has 3 N–H and O–H groups in total. The van der Waals surface area contributed by atoms with Crippen LogP contribution in [-0.2, 0) is 52.4 Å². The summed E-state index contributed by atoms with van der Waals surface area (Å²) in [6, 6.07) is -1.17. The second kappa shape index (κ2) is 31.6. The number of piperidine rings is 1. The molecule has 4 rings (SSSR count). The van der Waals surface area contributed by atoms with Crippen LogP contribution in [0.15, 0.2) is 47.6 Å². The topological polar surface area (TPSA) is 214 Å². The summed E-state index contributed by atoms with van der Waals surface area (Å²) < 4.78 is 35.7. The van der Waals surface area contributed by atoms with Crippen molar-refractivity contribution in [1.29, 1.82) is 0 Å². The molecule has 0 radical (unpaired) electrons. The van der Waals surface area contributed by atoms with Crippen molar-refractivity contribution in [3.63, 3.8) is 0 Å². The summed E-state index contributed by atoms with van der Waals surface area (Å²) in [7, 11) is 4.54. The number of alkyl carbamates (subject to hydrolysis) is 1. The van der Waals surface area contributed by atoms with E-state index < -0.39 is 90.0 Å². The standard InChI is InChI=1S/C58H92N2O14S/c1-12-75-29-19-17-27-59-57(67)73-47-26-24-43(33-50(47)70-10)32-39(5)49-35-46(61)38(4)31-41(7)52(63)53(71-11)51(62)40(6)30-36(2)20-14-13-15-21-37(3)48(69-9)34-44-25-23-42(8)58(68,74-44)54(64)55(65)60-28-18-16-22-45(60)56(66)72-49/h13-15,20-21,31,36,38-40,42-45,47-50,52-53,63,68H,12,16-19,22-30,32-35H2,1-11H3,(H,59,67)/b15-13+,20-14+,37-21+,41-31+/t36?,38?,39?,40-,42-,43?,44?,45+,47-,48?,49?,50?,52-,53?,58-/m1/s1. The number of hydrogen-bond donors (Lipinski definition) is 3. The lowest BCUT2D eigenvalue weighted by Crippen LogP contribution is -2.61. The molecule has 2 bridgehead atoms. The van der Waals surface area contributed by atoms with Crippen LogP contribution in [0, 0.1) is 35.5 Å². The highest BCUT2D eigenvalue weighted by molar-refractivity contribution is 7.99. The Bertz CT molecular complexity index is 2010. The molecule has 4 aliphatic rings. The molecule has 0 spiro atoms. The molecule has 2 amide bonds. The fourth-order valence-corrected chi connectivity index (χ4v) is 11.8. The molecule has 1 aliphatic carbocycles. The number of Topliss-reactive ketones (excluding diaryl/α,β-unsaturated/α-hetero) is 3. The minimum absolute atomic E-state index is 0.00687. The predicted molar refractivity (Wildman–Crippen MR) is 290 cm³/mol. The van der Waals surface area contributed by atoms with E-state index in [1.807, 2.05) is 69.8 Å². The van der Waals surface area contributed by atoms with Gasteiger partial charge in [-0.3, -0.25) is 19.2 Å². The Kier molecular flexibility index (Phi) is 26.9. The third kappa shape index (κ3) is 18.7. The van der Waals surface area contributed by atoms with Crippen molar-refractivity contribution >= 4 is 47.1 Å². The number of nitrogens with one attached hydrogen (secondary N) is 1. The number of ketones is 3. The van der Waals surface area contributed by atoms with Crippen LogP contribution < -0.4 is 5.32 Å². The van der Waals surface area contributed by atoms with E-state index in [-0.39, 0.29) is 54.8 Å². The SMILES string of the molecule is CCSCCCCNC(=O)O[C@@H]1CCC(CC(C)C2CC(=O)C(C)/C=C(\C)[C@@H](O)C(OC)C(=O)[C@H](C)CC(C)/C=C/C=C/C=C(\C)C(OC)CC3CC[C@@H](C)[C@@](O)(O3)C(=O)C(=O)N3CCCC[C@H]3C(=O)O2)CC1OC. The number of carbonyl (C=O) groups is 6. The number of carbonyl (C=O) groups excluding carboxylic acids is 6. The number of cyclic esters (lactones) is 1. The molecular weight excluding hydrogens is 981 g/mol. The molecule has 424 valence electrons. The number of rotatable bonds is 13. The van der Waals surface area contributed by atoms with E-state index in [0.717, 1.165) is 29.9 Å². The number of amides is 2. The average Bonchev–Trinajstić information content (AvgIpc) is 3.39. The van der Waals surface area contributed by atoms with Crippen LogP contribution in [0.25, 0.3) is 0 Å². The van der Waals surface area contributed by atoms with Crippen LogP contribution in [0.1, 0.15) is 145 Å². The smallest absolute Gasteiger partial charge is 0.407 e. The lowest BCUT2D eigenvalue weighted by molar-refractivity contribution is -0.265. The molecule has 2 saturated heterocycles. The number of allylic oxidation sites excluding steroid dienone is 6. The third-order valence-corrected chi connectivity index (χ3v) is 16.9. The van der Waals surface area contributed by atoms with Crippen LogP contribution in [0.5, 0.6) is 0 Å². The summed E-state index contributed by atoms with van der Waals surface area (Å²) >= 11 is 1.87. The van der Waals surface area contributed by atoms with Gasteiger partial charge in [-0.25, -0.2) is 9.59 Å². The Balaban J connectivity index is 1.64. The number of esters is 1. The van der Waals surface area contributed by atoms with Crippen molar-refractivity contribution in [2.24, 2.45) is 35.5 Å². The van der Waals surface area contributed by atoms with Gasteiger partial charge in [-0.2, -0.15) is 11.8 Å². The molecular formula is C58H92N2O14S. The number of ether oxygens (including phenoxy) is 6. The lowest BCUT2D eigenvalue weighted by Gasteiger charge is -2.42. The molecule has 16 nitrogen and oxygen atoms in total. The summed E-state index contributed by atoms with van der Waals surface area (Å²) in [6.45, 7) is 15.4. The van der Waals surface area contributed by atoms with E-state index in [0.29, 0.717) is 76.3 Å². The van der Waals surface area contributed by atoms with Gasteiger partial charge in [-0.15, -0.1) is 0 Å². The fraction of sp³-hybridized carbons (Fsp3) is 0.759. The van der Waals surface area contributed by atoms with E-state index in [9.17, 15) is 39.0 Å². The number of aliphatic hydroxyl groups is 2. The zero-order chi connectivity index (χ0) is 55.4. The van der Waals surface area contributed by atoms with Gasteiger partial charge in [0.05, 0.1) is 18.3 Å². The molecule has 3 heterocycles. The van der Waals surface area contributed by atoms with Crippen molar-refractivity contribution < 1.29 is 67.4 Å². The van der Waals surface area contributed by atoms with E-state index in [4.69, 9.17) is 28.4 Å². The largest absolute Gasteiger partial charge is 0.460 e. The summed E-state index contributed by atoms with van der Waals surface area (Å²) in [4.78, 5) is 85.4. The van der Waals surface area contributed by atoms with E-state index in [1.54, 1.807) is 41.1 Å². The Morgan fingerprint density at radius 1 is 0.893 bits per heavy atom. The van der Waals surface area contributed by atoms with Gasteiger partial charge in [-0.05, 0) is 131 Å². The number of thioether (sulfide) groups is 1. The van der Waals surface area contributed by atoms with Crippen molar-refractivity contribution in [3.8, 4) is 0 Å². The van der Waals surface area contributed by atoms with Crippen molar-refractivity contribution in [2.45, 2.75) is 200 Å². The van der Waals surface area contributed by atoms with Gasteiger partial charge in [0.15, 0.2) is 5.78 Å². The molecule has 3 aliphatic heterocycles. The van der Waals surface area contributed by atoms with Gasteiger partial charge >= 0.3 is 12.1 Å². The average molecular weight is 1070 g/mol. The summed E-state index contributed by atoms with van der Waals surface area (Å²) in [5.74, 6) is -6.13. The van der Waals surface area contributed by atoms with Crippen LogP contribution in [0.4, 0.5) is 4.79 Å². The summed E-state index contributed by atoms with van der Waals surface area (Å²) in [5.41, 5.74) is 1.25. The van der Waals surface area contributed by atoms with Gasteiger partial charge in [0, 0.05) is 65.0 Å². The minimum Gasteiger partial charge on any atom is -0.460 e. The van der Waals surface area contributed by atoms with Gasteiger partial charge in [0.1, 0.15) is 36.2 Å². The van der Waals surface area contributed by atoms with Crippen LogP contribution >= 0.6 is 11.8 Å². The number of nitrogens with zero attached hydrogens (tertiary/aromatic N) is 1. The highest BCUT2D eigenvalue weighted by atomic mass is 32.2. The molecule has 0 aromatic rings. The zero-order valence-corrected chi connectivity index (χ0v) is 47.7. The second-order valence-electron chi connectivity index (χ2n) is 21.8. The Hall–Kier alpha value is -3.71. The van der Waals surface area contributed by atoms with Gasteiger partial charge in [-0.1, -0.05) is 78.0 Å². The second-order valence-corrected chi connectivity index (χ2v) is 23.2. The van der Waals surface area contributed by atoms with Crippen molar-refractivity contribution in [3.05, 3.63) is 47.6 Å². The van der Waals surface area contributed by atoms with E-state index >= 15 is 0 Å². The first-order valence-corrected chi connectivity index (χ1v) is 28.9. The van der Waals surface area contributed by atoms with E-state index in [2.05, 4.69) is 12.2 Å². The van der Waals surface area contributed by atoms with E-state index in [1.165, 1.54) is 12.0 Å². The number of methoxy groups -OCH3 is 3. The van der Waals surface area contributed by atoms with Gasteiger partial charge in [0.25, 0.3) is 11.7 Å². The summed E-state index contributed by atoms with van der Waals surface area (Å²) in [5, 5.41) is 26.4. The molecule has 17 heteroatoms. The third-order valence-electron chi connectivity index (χ3n) is 15.9. The van der Waals surface area contributed by atoms with Crippen LogP contribution in [0.3, 0.4) is 0 Å². The number of fused-ring (bicyclic) bond motifs is 3. The van der Waals surface area contributed by atoms with Gasteiger partial charge < -0.3 is 48.9 Å². The fourth-order valence-electron chi connectivity index (χ4n) is 11.1. The Morgan fingerprint density at radius 2 is 1.64 bits per heavy atom. The lowest BCUT2D eigenvalue weighted by atomic mass is 9.78. The maximum Gasteiger partial charge on any atom is 0.407 e. The molecule has 0 aromatic heterocycles. The van der Waals surface area contributed by atoms with Crippen molar-refractivity contribution in [2.75, 3.05) is 45.9 Å².